The molecule has 0 radical (unpaired) electrons. The van der Waals surface area contributed by atoms with Crippen molar-refractivity contribution in [3.05, 3.63) is 95.8 Å². The van der Waals surface area contributed by atoms with Gasteiger partial charge in [-0.3, -0.25) is 4.79 Å². The molecule has 0 heterocycles. The predicted molar refractivity (Wildman–Crippen MR) is 93.8 cm³/mol. The molecule has 0 aliphatic rings. The molecule has 4 nitrogen and oxygen atoms in total. The highest BCUT2D eigenvalue weighted by Crippen LogP contribution is 2.17. The first kappa shape index (κ1) is 17.4. The number of esters is 1. The van der Waals surface area contributed by atoms with Crippen LogP contribution in [0.3, 0.4) is 0 Å². The molecule has 0 aliphatic heterocycles. The van der Waals surface area contributed by atoms with Gasteiger partial charge in [-0.05, 0) is 36.4 Å². The van der Waals surface area contributed by atoms with Crippen LogP contribution in [0.15, 0.2) is 78.9 Å². The van der Waals surface area contributed by atoms with Gasteiger partial charge in [0.2, 0.25) is 0 Å². The van der Waals surface area contributed by atoms with Crippen molar-refractivity contribution < 1.29 is 23.5 Å². The molecule has 0 saturated carbocycles. The SMILES string of the molecule is O=C(COc1ccc(C(=O)c2ccccc2)cc1)Oc1ccccc1F. The summed E-state index contributed by atoms with van der Waals surface area (Å²) in [6, 6.07) is 21.0. The van der Waals surface area contributed by atoms with Crippen LogP contribution in [0.25, 0.3) is 0 Å². The second kappa shape index (κ2) is 8.07. The fraction of sp³-hybridized carbons (Fsp3) is 0.0476. The number of halogens is 1. The number of ketones is 1. The van der Waals surface area contributed by atoms with Gasteiger partial charge >= 0.3 is 5.97 Å². The van der Waals surface area contributed by atoms with Crippen molar-refractivity contribution in [1.29, 1.82) is 0 Å². The first-order valence-corrected chi connectivity index (χ1v) is 7.91. The molecule has 0 atom stereocenters. The number of hydrogen-bond acceptors (Lipinski definition) is 4. The van der Waals surface area contributed by atoms with Crippen LogP contribution in [0.5, 0.6) is 11.5 Å². The summed E-state index contributed by atoms with van der Waals surface area (Å²) < 4.78 is 23.6. The Bertz CT molecular complexity index is 905. The first-order chi connectivity index (χ1) is 12.6. The molecule has 3 aromatic rings. The quantitative estimate of drug-likeness (QED) is 0.382. The van der Waals surface area contributed by atoms with Gasteiger partial charge in [-0.15, -0.1) is 0 Å². The van der Waals surface area contributed by atoms with E-state index in [1.165, 1.54) is 18.2 Å². The lowest BCUT2D eigenvalue weighted by molar-refractivity contribution is -0.136. The largest absolute Gasteiger partial charge is 0.482 e. The topological polar surface area (TPSA) is 52.6 Å². The third-order valence-corrected chi connectivity index (χ3v) is 3.57. The zero-order valence-corrected chi connectivity index (χ0v) is 13.7. The van der Waals surface area contributed by atoms with Crippen molar-refractivity contribution in [1.82, 2.24) is 0 Å². The molecule has 0 N–H and O–H groups in total. The van der Waals surface area contributed by atoms with E-state index in [2.05, 4.69) is 0 Å². The first-order valence-electron chi connectivity index (χ1n) is 7.91. The number of carbonyl (C=O) groups is 2. The van der Waals surface area contributed by atoms with Gasteiger partial charge in [-0.1, -0.05) is 42.5 Å². The maximum Gasteiger partial charge on any atom is 0.349 e. The minimum atomic E-state index is -0.723. The normalized spacial score (nSPS) is 10.2. The van der Waals surface area contributed by atoms with Crippen LogP contribution in [0.2, 0.25) is 0 Å². The van der Waals surface area contributed by atoms with Crippen molar-refractivity contribution in [3.63, 3.8) is 0 Å². The molecule has 0 amide bonds. The highest BCUT2D eigenvalue weighted by molar-refractivity contribution is 6.08. The van der Waals surface area contributed by atoms with Gasteiger partial charge in [-0.25, -0.2) is 9.18 Å². The molecule has 0 unspecified atom stereocenters. The van der Waals surface area contributed by atoms with E-state index in [0.717, 1.165) is 0 Å². The van der Waals surface area contributed by atoms with E-state index >= 15 is 0 Å². The fourth-order valence-electron chi connectivity index (χ4n) is 2.28. The lowest BCUT2D eigenvalue weighted by Gasteiger charge is -2.08. The molecule has 130 valence electrons. The van der Waals surface area contributed by atoms with Crippen molar-refractivity contribution in [2.75, 3.05) is 6.61 Å². The lowest BCUT2D eigenvalue weighted by atomic mass is 10.0. The molecule has 0 spiro atoms. The summed E-state index contributed by atoms with van der Waals surface area (Å²) in [4.78, 5) is 24.0. The number of para-hydroxylation sites is 1. The fourth-order valence-corrected chi connectivity index (χ4v) is 2.28. The van der Waals surface area contributed by atoms with Crippen molar-refractivity contribution in [2.45, 2.75) is 0 Å². The van der Waals surface area contributed by atoms with Gasteiger partial charge in [0.25, 0.3) is 0 Å². The van der Waals surface area contributed by atoms with Crippen molar-refractivity contribution >= 4 is 11.8 Å². The monoisotopic (exact) mass is 350 g/mol. The van der Waals surface area contributed by atoms with Crippen LogP contribution in [-0.4, -0.2) is 18.4 Å². The average Bonchev–Trinajstić information content (AvgIpc) is 2.69. The van der Waals surface area contributed by atoms with E-state index < -0.39 is 11.8 Å². The van der Waals surface area contributed by atoms with Gasteiger partial charge < -0.3 is 9.47 Å². The van der Waals surface area contributed by atoms with Gasteiger partial charge in [-0.2, -0.15) is 0 Å². The van der Waals surface area contributed by atoms with Crippen molar-refractivity contribution in [3.8, 4) is 11.5 Å². The minimum absolute atomic E-state index is 0.101. The van der Waals surface area contributed by atoms with Crippen LogP contribution in [0.1, 0.15) is 15.9 Å². The van der Waals surface area contributed by atoms with Crippen LogP contribution in [0, 0.1) is 5.82 Å². The van der Waals surface area contributed by atoms with E-state index in [1.54, 1.807) is 54.6 Å². The lowest BCUT2D eigenvalue weighted by Crippen LogP contribution is -2.18. The van der Waals surface area contributed by atoms with Crippen molar-refractivity contribution in [2.24, 2.45) is 0 Å². The molecule has 0 aliphatic carbocycles. The molecule has 3 rings (SSSR count). The summed E-state index contributed by atoms with van der Waals surface area (Å²) in [6.45, 7) is -0.375. The Balaban J connectivity index is 1.57. The zero-order valence-electron chi connectivity index (χ0n) is 13.7. The standard InChI is InChI=1S/C21H15FO4/c22-18-8-4-5-9-19(18)26-20(23)14-25-17-12-10-16(11-13-17)21(24)15-6-2-1-3-7-15/h1-13H,14H2. The molecule has 3 aromatic carbocycles. The van der Waals surface area contributed by atoms with E-state index in [0.29, 0.717) is 16.9 Å². The number of rotatable bonds is 6. The molecule has 0 fully saturated rings. The second-order valence-electron chi connectivity index (χ2n) is 5.41. The summed E-state index contributed by atoms with van der Waals surface area (Å²) in [6.07, 6.45) is 0. The van der Waals surface area contributed by atoms with Crippen LogP contribution in [0.4, 0.5) is 4.39 Å². The molecule has 0 bridgehead atoms. The molecule has 5 heteroatoms. The predicted octanol–water partition coefficient (Wildman–Crippen LogP) is 4.04. The maximum absolute atomic E-state index is 13.4. The number of hydrogen-bond donors (Lipinski definition) is 0. The summed E-state index contributed by atoms with van der Waals surface area (Å²) in [5, 5.41) is 0. The Kier molecular flexibility index (Phi) is 5.39. The van der Waals surface area contributed by atoms with E-state index in [-0.39, 0.29) is 18.1 Å². The Morgan fingerprint density at radius 3 is 2.08 bits per heavy atom. The molecular weight excluding hydrogens is 335 g/mol. The molecular formula is C21H15FO4. The number of benzene rings is 3. The average molecular weight is 350 g/mol. The summed E-state index contributed by atoms with van der Waals surface area (Å²) in [5.41, 5.74) is 1.10. The van der Waals surface area contributed by atoms with Gasteiger partial charge in [0.1, 0.15) is 5.75 Å². The van der Waals surface area contributed by atoms with Crippen LogP contribution in [-0.2, 0) is 4.79 Å². The van der Waals surface area contributed by atoms with Gasteiger partial charge in [0, 0.05) is 11.1 Å². The highest BCUT2D eigenvalue weighted by Gasteiger charge is 2.11. The van der Waals surface area contributed by atoms with Gasteiger partial charge in [0.05, 0.1) is 0 Å². The number of ether oxygens (including phenoxy) is 2. The molecule has 26 heavy (non-hydrogen) atoms. The maximum atomic E-state index is 13.4. The Morgan fingerprint density at radius 1 is 0.769 bits per heavy atom. The van der Waals surface area contributed by atoms with E-state index in [9.17, 15) is 14.0 Å². The highest BCUT2D eigenvalue weighted by atomic mass is 19.1. The van der Waals surface area contributed by atoms with E-state index in [1.807, 2.05) is 6.07 Å². The minimum Gasteiger partial charge on any atom is -0.482 e. The van der Waals surface area contributed by atoms with Gasteiger partial charge in [0.15, 0.2) is 24.0 Å². The Hall–Kier alpha value is -3.47. The summed E-state index contributed by atoms with van der Waals surface area (Å²) in [7, 11) is 0. The molecule has 0 aromatic heterocycles. The third kappa shape index (κ3) is 4.33. The number of carbonyl (C=O) groups excluding carboxylic acids is 2. The van der Waals surface area contributed by atoms with Crippen LogP contribution < -0.4 is 9.47 Å². The van der Waals surface area contributed by atoms with E-state index in [4.69, 9.17) is 9.47 Å². The Labute approximate surface area is 149 Å². The smallest absolute Gasteiger partial charge is 0.349 e. The molecule has 0 saturated heterocycles. The summed E-state index contributed by atoms with van der Waals surface area (Å²) >= 11 is 0. The summed E-state index contributed by atoms with van der Waals surface area (Å²) in [5.74, 6) is -1.19. The van der Waals surface area contributed by atoms with Crippen LogP contribution >= 0.6 is 0 Å². The second-order valence-corrected chi connectivity index (χ2v) is 5.41. The zero-order chi connectivity index (χ0) is 18.4. The third-order valence-electron chi connectivity index (χ3n) is 3.57. The Morgan fingerprint density at radius 2 is 1.38 bits per heavy atom.